The van der Waals surface area contributed by atoms with E-state index >= 15 is 0 Å². The molecular formula is C16H22ClN3OS. The van der Waals surface area contributed by atoms with Crippen LogP contribution in [0.2, 0.25) is 0 Å². The van der Waals surface area contributed by atoms with Gasteiger partial charge in [-0.3, -0.25) is 4.79 Å². The molecule has 6 heteroatoms. The minimum absolute atomic E-state index is 0. The molecule has 22 heavy (non-hydrogen) atoms. The van der Waals surface area contributed by atoms with Gasteiger partial charge in [0.15, 0.2) is 0 Å². The quantitative estimate of drug-likeness (QED) is 0.781. The lowest BCUT2D eigenvalue weighted by Crippen LogP contribution is -2.10. The van der Waals surface area contributed by atoms with E-state index in [4.69, 9.17) is 0 Å². The molecule has 2 rings (SSSR count). The fourth-order valence-electron chi connectivity index (χ4n) is 2.01. The van der Waals surface area contributed by atoms with E-state index in [2.05, 4.69) is 46.7 Å². The maximum Gasteiger partial charge on any atom is 0.226 e. The van der Waals surface area contributed by atoms with Crippen LogP contribution >= 0.6 is 23.7 Å². The van der Waals surface area contributed by atoms with E-state index < -0.39 is 0 Å². The third kappa shape index (κ3) is 6.54. The van der Waals surface area contributed by atoms with Gasteiger partial charge in [-0.05, 0) is 24.8 Å². The lowest BCUT2D eigenvalue weighted by molar-refractivity contribution is -0.116. The van der Waals surface area contributed by atoms with Crippen molar-refractivity contribution in [1.82, 2.24) is 10.2 Å². The molecule has 0 atom stereocenters. The molecule has 0 unspecified atom stereocenters. The molecule has 1 aromatic heterocycles. The van der Waals surface area contributed by atoms with E-state index in [-0.39, 0.29) is 18.3 Å². The monoisotopic (exact) mass is 339 g/mol. The number of amides is 1. The summed E-state index contributed by atoms with van der Waals surface area (Å²) in [5.74, 6) is 0.0313. The largest absolute Gasteiger partial charge is 0.301 e. The predicted molar refractivity (Wildman–Crippen MR) is 93.8 cm³/mol. The van der Waals surface area contributed by atoms with Crippen molar-refractivity contribution in [2.75, 3.05) is 5.32 Å². The highest BCUT2D eigenvalue weighted by Gasteiger charge is 2.07. The zero-order valence-corrected chi connectivity index (χ0v) is 14.4. The van der Waals surface area contributed by atoms with Gasteiger partial charge < -0.3 is 5.32 Å². The molecule has 1 amide bonds. The van der Waals surface area contributed by atoms with Gasteiger partial charge in [0, 0.05) is 12.8 Å². The van der Waals surface area contributed by atoms with Crippen molar-refractivity contribution in [2.45, 2.75) is 45.4 Å². The van der Waals surface area contributed by atoms with E-state index in [1.807, 2.05) is 6.07 Å². The third-order valence-corrected chi connectivity index (χ3v) is 4.07. The van der Waals surface area contributed by atoms with Crippen LogP contribution < -0.4 is 5.32 Å². The molecule has 1 N–H and O–H groups in total. The number of benzene rings is 1. The number of hydrogen-bond acceptors (Lipinski definition) is 4. The molecule has 120 valence electrons. The fraction of sp³-hybridized carbons (Fsp3) is 0.438. The van der Waals surface area contributed by atoms with Crippen molar-refractivity contribution in [3.63, 3.8) is 0 Å². The van der Waals surface area contributed by atoms with Crippen LogP contribution in [0.1, 0.15) is 43.2 Å². The van der Waals surface area contributed by atoms with Crippen LogP contribution in [0.15, 0.2) is 30.3 Å². The van der Waals surface area contributed by atoms with Crippen LogP contribution in [0.3, 0.4) is 0 Å². The predicted octanol–water partition coefficient (Wildman–Crippen LogP) is 4.26. The van der Waals surface area contributed by atoms with Crippen LogP contribution in [0.5, 0.6) is 0 Å². The Labute approximate surface area is 141 Å². The number of carbonyl (C=O) groups excluding carboxylic acids is 1. The molecule has 0 fully saturated rings. The number of rotatable bonds is 8. The highest BCUT2D eigenvalue weighted by Crippen LogP contribution is 2.18. The van der Waals surface area contributed by atoms with Crippen molar-refractivity contribution in [3.05, 3.63) is 40.9 Å². The molecule has 0 spiro atoms. The van der Waals surface area contributed by atoms with Crippen molar-refractivity contribution < 1.29 is 4.79 Å². The normalized spacial score (nSPS) is 10.0. The Morgan fingerprint density at radius 3 is 2.64 bits per heavy atom. The van der Waals surface area contributed by atoms with E-state index in [0.717, 1.165) is 37.1 Å². The third-order valence-electron chi connectivity index (χ3n) is 3.17. The van der Waals surface area contributed by atoms with Gasteiger partial charge in [-0.25, -0.2) is 0 Å². The molecule has 2 aromatic rings. The van der Waals surface area contributed by atoms with Crippen molar-refractivity contribution in [2.24, 2.45) is 0 Å². The van der Waals surface area contributed by atoms with Crippen LogP contribution in [-0.2, 0) is 17.6 Å². The van der Waals surface area contributed by atoms with Gasteiger partial charge in [-0.1, -0.05) is 55.0 Å². The van der Waals surface area contributed by atoms with Crippen molar-refractivity contribution in [3.8, 4) is 0 Å². The molecule has 0 aliphatic carbocycles. The Kier molecular flexibility index (Phi) is 8.70. The summed E-state index contributed by atoms with van der Waals surface area (Å²) in [4.78, 5) is 11.6. The first kappa shape index (κ1) is 18.6. The van der Waals surface area contributed by atoms with Crippen LogP contribution in [0.25, 0.3) is 0 Å². The first-order valence-corrected chi connectivity index (χ1v) is 8.25. The Bertz CT molecular complexity index is 560. The number of aryl methyl sites for hydroxylation is 2. The summed E-state index contributed by atoms with van der Waals surface area (Å²) in [6, 6.07) is 10.4. The van der Waals surface area contributed by atoms with Gasteiger partial charge in [-0.15, -0.1) is 22.6 Å². The minimum Gasteiger partial charge on any atom is -0.301 e. The fourth-order valence-corrected chi connectivity index (χ4v) is 2.81. The molecule has 0 saturated carbocycles. The lowest BCUT2D eigenvalue weighted by Gasteiger charge is -1.99. The number of carbonyl (C=O) groups is 1. The first-order chi connectivity index (χ1) is 10.3. The Hall–Kier alpha value is -1.46. The summed E-state index contributed by atoms with van der Waals surface area (Å²) in [7, 11) is 0. The highest BCUT2D eigenvalue weighted by atomic mass is 35.5. The Morgan fingerprint density at radius 2 is 1.91 bits per heavy atom. The molecule has 1 heterocycles. The van der Waals surface area contributed by atoms with Crippen molar-refractivity contribution >= 4 is 34.8 Å². The summed E-state index contributed by atoms with van der Waals surface area (Å²) >= 11 is 1.48. The van der Waals surface area contributed by atoms with Gasteiger partial charge in [-0.2, -0.15) is 0 Å². The SMILES string of the molecule is CCCCC(=O)Nc1nnc(CCCc2ccccc2)s1.Cl. The second-order valence-corrected chi connectivity index (χ2v) is 6.05. The number of nitrogens with zero attached hydrogens (tertiary/aromatic N) is 2. The van der Waals surface area contributed by atoms with Crippen LogP contribution in [0.4, 0.5) is 5.13 Å². The molecule has 0 bridgehead atoms. The maximum absolute atomic E-state index is 11.6. The summed E-state index contributed by atoms with van der Waals surface area (Å²) < 4.78 is 0. The molecule has 0 aliphatic rings. The molecule has 4 nitrogen and oxygen atoms in total. The lowest BCUT2D eigenvalue weighted by atomic mass is 10.1. The molecule has 1 aromatic carbocycles. The van der Waals surface area contributed by atoms with Crippen LogP contribution in [-0.4, -0.2) is 16.1 Å². The average Bonchev–Trinajstić information content (AvgIpc) is 2.93. The van der Waals surface area contributed by atoms with Gasteiger partial charge in [0.25, 0.3) is 0 Å². The van der Waals surface area contributed by atoms with Gasteiger partial charge in [0.05, 0.1) is 0 Å². The standard InChI is InChI=1S/C16H21N3OS.ClH/c1-2-3-11-14(20)17-16-19-18-15(21-16)12-7-10-13-8-5-4-6-9-13;/h4-6,8-9H,2-3,7,10-12H2,1H3,(H,17,19,20);1H. The smallest absolute Gasteiger partial charge is 0.226 e. The summed E-state index contributed by atoms with van der Waals surface area (Å²) in [5.41, 5.74) is 1.34. The van der Waals surface area contributed by atoms with E-state index in [9.17, 15) is 4.79 Å². The second kappa shape index (κ2) is 10.3. The number of unbranched alkanes of at least 4 members (excludes halogenated alkanes) is 1. The number of hydrogen-bond donors (Lipinski definition) is 1. The topological polar surface area (TPSA) is 54.9 Å². The Morgan fingerprint density at radius 1 is 1.14 bits per heavy atom. The van der Waals surface area contributed by atoms with Gasteiger partial charge in [0.1, 0.15) is 5.01 Å². The Balaban J connectivity index is 0.00000242. The van der Waals surface area contributed by atoms with Crippen molar-refractivity contribution in [1.29, 1.82) is 0 Å². The van der Waals surface area contributed by atoms with E-state index in [0.29, 0.717) is 11.6 Å². The van der Waals surface area contributed by atoms with Crippen LogP contribution in [0, 0.1) is 0 Å². The summed E-state index contributed by atoms with van der Waals surface area (Å²) in [5, 5.41) is 12.6. The number of nitrogens with one attached hydrogen (secondary N) is 1. The zero-order valence-electron chi connectivity index (χ0n) is 12.7. The van der Waals surface area contributed by atoms with E-state index in [1.165, 1.54) is 16.9 Å². The first-order valence-electron chi connectivity index (χ1n) is 7.44. The maximum atomic E-state index is 11.6. The van der Waals surface area contributed by atoms with Gasteiger partial charge in [0.2, 0.25) is 11.0 Å². The molecule has 0 aliphatic heterocycles. The highest BCUT2D eigenvalue weighted by molar-refractivity contribution is 7.15. The number of anilines is 1. The summed E-state index contributed by atoms with van der Waals surface area (Å²) in [6.45, 7) is 2.07. The number of aromatic nitrogens is 2. The molecular weight excluding hydrogens is 318 g/mol. The van der Waals surface area contributed by atoms with E-state index in [1.54, 1.807) is 0 Å². The zero-order chi connectivity index (χ0) is 14.9. The molecule has 0 saturated heterocycles. The average molecular weight is 340 g/mol. The second-order valence-electron chi connectivity index (χ2n) is 4.99. The summed E-state index contributed by atoms with van der Waals surface area (Å²) in [6.07, 6.45) is 5.47. The minimum atomic E-state index is 0. The number of halogens is 1. The molecule has 0 radical (unpaired) electrons. The van der Waals surface area contributed by atoms with Gasteiger partial charge >= 0.3 is 0 Å².